The number of phenolic OH excluding ortho intramolecular Hbond substituents is 1. The second-order valence-corrected chi connectivity index (χ2v) is 4.70. The first-order valence-corrected chi connectivity index (χ1v) is 6.72. The van der Waals surface area contributed by atoms with Crippen molar-refractivity contribution >= 4 is 16.6 Å². The third-order valence-electron chi connectivity index (χ3n) is 3.41. The fourth-order valence-electron chi connectivity index (χ4n) is 2.35. The molecule has 0 aliphatic carbocycles. The molecule has 2 N–H and O–H groups in total. The summed E-state index contributed by atoms with van der Waals surface area (Å²) in [5.41, 5.74) is 2.63. The van der Waals surface area contributed by atoms with Gasteiger partial charge in [0.05, 0.1) is 12.8 Å². The molecular formula is C17H16N2O2. The summed E-state index contributed by atoms with van der Waals surface area (Å²) in [5, 5.41) is 14.2. The van der Waals surface area contributed by atoms with E-state index >= 15 is 0 Å². The Morgan fingerprint density at radius 3 is 2.81 bits per heavy atom. The SMILES string of the molecule is COc1ccccc1NCc1ccc(O)c2ncccc12. The van der Waals surface area contributed by atoms with Crippen LogP contribution in [0.1, 0.15) is 5.56 Å². The third kappa shape index (κ3) is 2.60. The van der Waals surface area contributed by atoms with E-state index < -0.39 is 0 Å². The Bertz CT molecular complexity index is 772. The van der Waals surface area contributed by atoms with Gasteiger partial charge in [0.2, 0.25) is 0 Å². The van der Waals surface area contributed by atoms with Crippen LogP contribution < -0.4 is 10.1 Å². The average molecular weight is 280 g/mol. The van der Waals surface area contributed by atoms with E-state index in [0.29, 0.717) is 12.1 Å². The normalized spacial score (nSPS) is 10.5. The second kappa shape index (κ2) is 5.71. The number of ether oxygens (including phenoxy) is 1. The first-order valence-electron chi connectivity index (χ1n) is 6.72. The van der Waals surface area contributed by atoms with E-state index in [1.165, 1.54) is 0 Å². The zero-order chi connectivity index (χ0) is 14.7. The van der Waals surface area contributed by atoms with E-state index in [2.05, 4.69) is 10.3 Å². The molecule has 0 spiro atoms. The van der Waals surface area contributed by atoms with Crippen LogP contribution in [0.2, 0.25) is 0 Å². The smallest absolute Gasteiger partial charge is 0.141 e. The maximum atomic E-state index is 9.86. The number of benzene rings is 2. The molecule has 0 saturated heterocycles. The van der Waals surface area contributed by atoms with E-state index in [9.17, 15) is 5.11 Å². The fraction of sp³-hybridized carbons (Fsp3) is 0.118. The summed E-state index contributed by atoms with van der Waals surface area (Å²) in [5.74, 6) is 1.00. The lowest BCUT2D eigenvalue weighted by molar-refractivity contribution is 0.416. The van der Waals surface area contributed by atoms with Gasteiger partial charge in [-0.25, -0.2) is 0 Å². The Labute approximate surface area is 123 Å². The molecule has 0 fully saturated rings. The number of rotatable bonds is 4. The molecule has 106 valence electrons. The van der Waals surface area contributed by atoms with Crippen LogP contribution in [-0.4, -0.2) is 17.2 Å². The Kier molecular flexibility index (Phi) is 3.60. The summed E-state index contributed by atoms with van der Waals surface area (Å²) in [6.07, 6.45) is 1.68. The van der Waals surface area contributed by atoms with Crippen molar-refractivity contribution in [2.45, 2.75) is 6.54 Å². The van der Waals surface area contributed by atoms with Gasteiger partial charge in [0.1, 0.15) is 17.0 Å². The lowest BCUT2D eigenvalue weighted by Gasteiger charge is -2.12. The standard InChI is InChI=1S/C17H16N2O2/c1-21-16-7-3-2-6-14(16)19-11-12-8-9-15(20)17-13(12)5-4-10-18-17/h2-10,19-20H,11H2,1H3. The molecule has 2 aromatic carbocycles. The highest BCUT2D eigenvalue weighted by molar-refractivity contribution is 5.87. The van der Waals surface area contributed by atoms with E-state index in [1.54, 1.807) is 19.4 Å². The minimum atomic E-state index is 0.201. The number of pyridine rings is 1. The summed E-state index contributed by atoms with van der Waals surface area (Å²) in [7, 11) is 1.65. The van der Waals surface area contributed by atoms with Crippen molar-refractivity contribution in [2.24, 2.45) is 0 Å². The first kappa shape index (κ1) is 13.2. The van der Waals surface area contributed by atoms with Crippen molar-refractivity contribution in [3.63, 3.8) is 0 Å². The highest BCUT2D eigenvalue weighted by Crippen LogP contribution is 2.28. The molecule has 0 aliphatic heterocycles. The third-order valence-corrected chi connectivity index (χ3v) is 3.41. The molecule has 0 saturated carbocycles. The van der Waals surface area contributed by atoms with Gasteiger partial charge < -0.3 is 15.2 Å². The number of anilines is 1. The Hall–Kier alpha value is -2.75. The first-order chi connectivity index (χ1) is 10.3. The topological polar surface area (TPSA) is 54.4 Å². The van der Waals surface area contributed by atoms with Gasteiger partial charge >= 0.3 is 0 Å². The van der Waals surface area contributed by atoms with Gasteiger partial charge in [0.25, 0.3) is 0 Å². The number of phenols is 1. The van der Waals surface area contributed by atoms with Gasteiger partial charge in [-0.05, 0) is 29.8 Å². The summed E-state index contributed by atoms with van der Waals surface area (Å²) < 4.78 is 5.33. The predicted molar refractivity (Wildman–Crippen MR) is 83.7 cm³/mol. The lowest BCUT2D eigenvalue weighted by Crippen LogP contribution is -2.02. The summed E-state index contributed by atoms with van der Waals surface area (Å²) >= 11 is 0. The van der Waals surface area contributed by atoms with Crippen LogP contribution >= 0.6 is 0 Å². The van der Waals surface area contributed by atoms with Gasteiger partial charge in [0, 0.05) is 18.1 Å². The molecule has 3 aromatic rings. The number of aromatic nitrogens is 1. The zero-order valence-electron chi connectivity index (χ0n) is 11.7. The van der Waals surface area contributed by atoms with Gasteiger partial charge in [-0.3, -0.25) is 4.98 Å². The zero-order valence-corrected chi connectivity index (χ0v) is 11.7. The number of hydrogen-bond donors (Lipinski definition) is 2. The van der Waals surface area contributed by atoms with Crippen molar-refractivity contribution in [1.29, 1.82) is 0 Å². The fourth-order valence-corrected chi connectivity index (χ4v) is 2.35. The highest BCUT2D eigenvalue weighted by atomic mass is 16.5. The van der Waals surface area contributed by atoms with Crippen molar-refractivity contribution in [2.75, 3.05) is 12.4 Å². The van der Waals surface area contributed by atoms with Crippen molar-refractivity contribution < 1.29 is 9.84 Å². The van der Waals surface area contributed by atoms with Gasteiger partial charge in [-0.1, -0.05) is 24.3 Å². The van der Waals surface area contributed by atoms with Crippen molar-refractivity contribution in [3.05, 3.63) is 60.3 Å². The van der Waals surface area contributed by atoms with E-state index in [1.807, 2.05) is 42.5 Å². The molecule has 1 aromatic heterocycles. The predicted octanol–water partition coefficient (Wildman–Crippen LogP) is 3.56. The van der Waals surface area contributed by atoms with E-state index in [-0.39, 0.29) is 5.75 Å². The summed E-state index contributed by atoms with van der Waals surface area (Å²) in [4.78, 5) is 4.23. The molecule has 4 heteroatoms. The molecule has 21 heavy (non-hydrogen) atoms. The van der Waals surface area contributed by atoms with Crippen LogP contribution in [0.4, 0.5) is 5.69 Å². The number of aromatic hydroxyl groups is 1. The molecule has 0 unspecified atom stereocenters. The monoisotopic (exact) mass is 280 g/mol. The molecule has 1 heterocycles. The maximum Gasteiger partial charge on any atom is 0.141 e. The van der Waals surface area contributed by atoms with Gasteiger partial charge in [-0.15, -0.1) is 0 Å². The molecule has 3 rings (SSSR count). The van der Waals surface area contributed by atoms with Crippen LogP contribution in [0.15, 0.2) is 54.7 Å². The summed E-state index contributed by atoms with van der Waals surface area (Å²) in [6, 6.07) is 15.2. The maximum absolute atomic E-state index is 9.86. The minimum absolute atomic E-state index is 0.201. The van der Waals surface area contributed by atoms with Crippen molar-refractivity contribution in [3.8, 4) is 11.5 Å². The molecule has 0 amide bonds. The van der Waals surface area contributed by atoms with Crippen LogP contribution in [0.3, 0.4) is 0 Å². The number of methoxy groups -OCH3 is 1. The van der Waals surface area contributed by atoms with E-state index in [4.69, 9.17) is 4.74 Å². The Balaban J connectivity index is 1.91. The molecule has 0 aliphatic rings. The molecular weight excluding hydrogens is 264 g/mol. The average Bonchev–Trinajstić information content (AvgIpc) is 2.55. The number of nitrogens with zero attached hydrogens (tertiary/aromatic N) is 1. The molecule has 0 bridgehead atoms. The quantitative estimate of drug-likeness (QED) is 0.767. The van der Waals surface area contributed by atoms with Crippen molar-refractivity contribution in [1.82, 2.24) is 4.98 Å². The second-order valence-electron chi connectivity index (χ2n) is 4.70. The number of fused-ring (bicyclic) bond motifs is 1. The van der Waals surface area contributed by atoms with Crippen LogP contribution in [0, 0.1) is 0 Å². The Morgan fingerprint density at radius 2 is 1.95 bits per heavy atom. The van der Waals surface area contributed by atoms with Crippen LogP contribution in [0.5, 0.6) is 11.5 Å². The molecule has 0 atom stereocenters. The minimum Gasteiger partial charge on any atom is -0.506 e. The van der Waals surface area contributed by atoms with Crippen LogP contribution in [-0.2, 0) is 6.54 Å². The molecule has 4 nitrogen and oxygen atoms in total. The Morgan fingerprint density at radius 1 is 1.10 bits per heavy atom. The van der Waals surface area contributed by atoms with Gasteiger partial charge in [-0.2, -0.15) is 0 Å². The highest BCUT2D eigenvalue weighted by Gasteiger charge is 2.07. The number of hydrogen-bond acceptors (Lipinski definition) is 4. The number of para-hydroxylation sites is 2. The van der Waals surface area contributed by atoms with Gasteiger partial charge in [0.15, 0.2) is 0 Å². The number of nitrogens with one attached hydrogen (secondary N) is 1. The van der Waals surface area contributed by atoms with E-state index in [0.717, 1.165) is 22.4 Å². The molecule has 0 radical (unpaired) electrons. The van der Waals surface area contributed by atoms with Crippen LogP contribution in [0.25, 0.3) is 10.9 Å². The summed E-state index contributed by atoms with van der Waals surface area (Å²) in [6.45, 7) is 0.628. The lowest BCUT2D eigenvalue weighted by atomic mass is 10.1. The largest absolute Gasteiger partial charge is 0.506 e.